The third kappa shape index (κ3) is 3.90. The van der Waals surface area contributed by atoms with Gasteiger partial charge in [-0.2, -0.15) is 0 Å². The molecule has 0 aromatic heterocycles. The molecule has 2 atom stereocenters. The molecule has 0 saturated carbocycles. The summed E-state index contributed by atoms with van der Waals surface area (Å²) in [4.78, 5) is 0. The van der Waals surface area contributed by atoms with Gasteiger partial charge in [-0.15, -0.1) is 0 Å². The first-order chi connectivity index (χ1) is 9.60. The number of ether oxygens (including phenoxy) is 2. The summed E-state index contributed by atoms with van der Waals surface area (Å²) >= 11 is 0. The Hall–Kier alpha value is -1.20. The Balaban J connectivity index is 2.15. The van der Waals surface area contributed by atoms with E-state index < -0.39 is 11.6 Å². The predicted molar refractivity (Wildman–Crippen MR) is 72.8 cm³/mol. The van der Waals surface area contributed by atoms with Crippen LogP contribution in [0.5, 0.6) is 5.75 Å². The Bertz CT molecular complexity index is 454. The van der Waals surface area contributed by atoms with Crippen molar-refractivity contribution in [3.8, 4) is 5.75 Å². The van der Waals surface area contributed by atoms with E-state index in [9.17, 15) is 8.78 Å². The van der Waals surface area contributed by atoms with Crippen LogP contribution in [0.25, 0.3) is 0 Å². The first kappa shape index (κ1) is 15.2. The lowest BCUT2D eigenvalue weighted by atomic mass is 10.1. The maximum Gasteiger partial charge on any atom is 0.168 e. The summed E-state index contributed by atoms with van der Waals surface area (Å²) in [7, 11) is 0. The third-order valence-electron chi connectivity index (χ3n) is 3.37. The normalized spacial score (nSPS) is 22.8. The smallest absolute Gasteiger partial charge is 0.168 e. The van der Waals surface area contributed by atoms with Crippen molar-refractivity contribution >= 4 is 0 Å². The molecule has 1 saturated heterocycles. The van der Waals surface area contributed by atoms with Gasteiger partial charge in [-0.1, -0.05) is 6.92 Å². The molecular formula is C15H21F2NO2. The van der Waals surface area contributed by atoms with Gasteiger partial charge in [0.1, 0.15) is 11.9 Å². The van der Waals surface area contributed by atoms with Crippen molar-refractivity contribution in [1.82, 2.24) is 5.32 Å². The highest BCUT2D eigenvalue weighted by atomic mass is 19.1. The molecule has 2 rings (SSSR count). The van der Waals surface area contributed by atoms with Crippen LogP contribution in [0.2, 0.25) is 0 Å². The van der Waals surface area contributed by atoms with Crippen LogP contribution in [0, 0.1) is 11.6 Å². The van der Waals surface area contributed by atoms with E-state index in [2.05, 4.69) is 5.32 Å². The lowest BCUT2D eigenvalue weighted by Crippen LogP contribution is -2.31. The van der Waals surface area contributed by atoms with Crippen molar-refractivity contribution in [2.24, 2.45) is 0 Å². The van der Waals surface area contributed by atoms with Gasteiger partial charge in [0, 0.05) is 31.0 Å². The van der Waals surface area contributed by atoms with Gasteiger partial charge < -0.3 is 14.8 Å². The van der Waals surface area contributed by atoms with E-state index in [0.717, 1.165) is 25.5 Å². The number of benzene rings is 1. The van der Waals surface area contributed by atoms with Gasteiger partial charge in [0.25, 0.3) is 0 Å². The van der Waals surface area contributed by atoms with Crippen molar-refractivity contribution < 1.29 is 18.3 Å². The van der Waals surface area contributed by atoms with E-state index in [1.165, 1.54) is 6.07 Å². The van der Waals surface area contributed by atoms with Crippen LogP contribution >= 0.6 is 0 Å². The van der Waals surface area contributed by atoms with Crippen LogP contribution in [-0.4, -0.2) is 25.4 Å². The second kappa shape index (κ2) is 6.99. The first-order valence-electron chi connectivity index (χ1n) is 7.07. The Morgan fingerprint density at radius 3 is 2.90 bits per heavy atom. The molecule has 1 N–H and O–H groups in total. The highest BCUT2D eigenvalue weighted by Gasteiger charge is 2.23. The summed E-state index contributed by atoms with van der Waals surface area (Å²) in [6, 6.07) is 2.19. The van der Waals surface area contributed by atoms with Gasteiger partial charge in [0.2, 0.25) is 0 Å². The molecule has 0 amide bonds. The Morgan fingerprint density at radius 1 is 1.40 bits per heavy atom. The number of hydrogen-bond acceptors (Lipinski definition) is 3. The summed E-state index contributed by atoms with van der Waals surface area (Å²) in [5, 5.41) is 3.07. The summed E-state index contributed by atoms with van der Waals surface area (Å²) in [6.45, 7) is 5.63. The van der Waals surface area contributed by atoms with E-state index in [-0.39, 0.29) is 18.0 Å². The SMILES string of the molecule is CCNCc1cc(F)cc(F)c1OC1CCOC(C)C1. The molecule has 0 aliphatic carbocycles. The molecule has 1 aliphatic rings. The minimum Gasteiger partial charge on any atom is -0.487 e. The number of nitrogens with one attached hydrogen (secondary N) is 1. The Morgan fingerprint density at radius 2 is 2.20 bits per heavy atom. The molecule has 1 aromatic rings. The number of hydrogen-bond donors (Lipinski definition) is 1. The maximum atomic E-state index is 14.0. The summed E-state index contributed by atoms with van der Waals surface area (Å²) in [5.74, 6) is -1.06. The fourth-order valence-corrected chi connectivity index (χ4v) is 2.37. The zero-order valence-corrected chi connectivity index (χ0v) is 11.9. The molecule has 1 heterocycles. The number of rotatable bonds is 5. The molecule has 3 nitrogen and oxygen atoms in total. The molecule has 1 fully saturated rings. The molecule has 0 spiro atoms. The van der Waals surface area contributed by atoms with E-state index in [1.807, 2.05) is 13.8 Å². The lowest BCUT2D eigenvalue weighted by Gasteiger charge is -2.28. The molecule has 20 heavy (non-hydrogen) atoms. The fraction of sp³-hybridized carbons (Fsp3) is 0.600. The van der Waals surface area contributed by atoms with Crippen molar-refractivity contribution in [1.29, 1.82) is 0 Å². The summed E-state index contributed by atoms with van der Waals surface area (Å²) < 4.78 is 38.5. The number of halogens is 2. The van der Waals surface area contributed by atoms with Gasteiger partial charge in [0.05, 0.1) is 12.7 Å². The second-order valence-electron chi connectivity index (χ2n) is 5.10. The van der Waals surface area contributed by atoms with Gasteiger partial charge in [0.15, 0.2) is 11.6 Å². The summed E-state index contributed by atoms with van der Waals surface area (Å²) in [5.41, 5.74) is 0.517. The van der Waals surface area contributed by atoms with Gasteiger partial charge in [-0.05, 0) is 19.5 Å². The predicted octanol–water partition coefficient (Wildman–Crippen LogP) is 3.02. The quantitative estimate of drug-likeness (QED) is 0.902. The standard InChI is InChI=1S/C15H21F2NO2/c1-3-18-9-11-7-12(16)8-14(17)15(11)20-13-4-5-19-10(2)6-13/h7-8,10,13,18H,3-6,9H2,1-2H3. The molecule has 1 aromatic carbocycles. The van der Waals surface area contributed by atoms with Crippen LogP contribution in [0.4, 0.5) is 8.78 Å². The van der Waals surface area contributed by atoms with Crippen molar-refractivity contribution in [2.45, 2.75) is 45.4 Å². The van der Waals surface area contributed by atoms with E-state index in [4.69, 9.17) is 9.47 Å². The Kier molecular flexibility index (Phi) is 5.31. The van der Waals surface area contributed by atoms with E-state index >= 15 is 0 Å². The van der Waals surface area contributed by atoms with Gasteiger partial charge in [-0.25, -0.2) is 8.78 Å². The lowest BCUT2D eigenvalue weighted by molar-refractivity contribution is -0.0264. The molecule has 2 unspecified atom stereocenters. The van der Waals surface area contributed by atoms with Crippen molar-refractivity contribution in [2.75, 3.05) is 13.2 Å². The highest BCUT2D eigenvalue weighted by Crippen LogP contribution is 2.28. The zero-order chi connectivity index (χ0) is 14.5. The zero-order valence-electron chi connectivity index (χ0n) is 11.9. The fourth-order valence-electron chi connectivity index (χ4n) is 2.37. The van der Waals surface area contributed by atoms with Crippen LogP contribution in [-0.2, 0) is 11.3 Å². The van der Waals surface area contributed by atoms with Crippen molar-refractivity contribution in [3.05, 3.63) is 29.3 Å². The van der Waals surface area contributed by atoms with Gasteiger partial charge in [-0.3, -0.25) is 0 Å². The average molecular weight is 285 g/mol. The van der Waals surface area contributed by atoms with E-state index in [0.29, 0.717) is 18.7 Å². The molecule has 0 bridgehead atoms. The average Bonchev–Trinajstić information content (AvgIpc) is 2.40. The molecule has 1 aliphatic heterocycles. The first-order valence-corrected chi connectivity index (χ1v) is 7.07. The largest absolute Gasteiger partial charge is 0.487 e. The minimum absolute atomic E-state index is 0.0842. The van der Waals surface area contributed by atoms with Gasteiger partial charge >= 0.3 is 0 Å². The Labute approximate surface area is 118 Å². The van der Waals surface area contributed by atoms with Crippen LogP contribution in [0.15, 0.2) is 12.1 Å². The molecule has 5 heteroatoms. The molecular weight excluding hydrogens is 264 g/mol. The third-order valence-corrected chi connectivity index (χ3v) is 3.37. The maximum absolute atomic E-state index is 14.0. The molecule has 112 valence electrons. The topological polar surface area (TPSA) is 30.5 Å². The molecule has 0 radical (unpaired) electrons. The highest BCUT2D eigenvalue weighted by molar-refractivity contribution is 5.36. The van der Waals surface area contributed by atoms with Crippen LogP contribution < -0.4 is 10.1 Å². The van der Waals surface area contributed by atoms with Crippen molar-refractivity contribution in [3.63, 3.8) is 0 Å². The minimum atomic E-state index is -0.642. The van der Waals surface area contributed by atoms with Crippen LogP contribution in [0.1, 0.15) is 32.3 Å². The monoisotopic (exact) mass is 285 g/mol. The van der Waals surface area contributed by atoms with E-state index in [1.54, 1.807) is 0 Å². The van der Waals surface area contributed by atoms with Crippen LogP contribution in [0.3, 0.4) is 0 Å². The summed E-state index contributed by atoms with van der Waals surface area (Å²) in [6.07, 6.45) is 1.47. The second-order valence-corrected chi connectivity index (χ2v) is 5.10.